The van der Waals surface area contributed by atoms with Gasteiger partial charge in [-0.05, 0) is 24.4 Å². The number of halogens is 1. The van der Waals surface area contributed by atoms with Crippen LogP contribution < -0.4 is 5.73 Å². The minimum Gasteiger partial charge on any atom is -0.324 e. The molecule has 2 N–H and O–H groups in total. The molecule has 1 aromatic heterocycles. The number of fused-ring (bicyclic) bond motifs is 1. The molecule has 102 valence electrons. The van der Waals surface area contributed by atoms with Crippen molar-refractivity contribution in [1.29, 1.82) is 0 Å². The molecule has 1 heterocycles. The molecule has 0 fully saturated rings. The monoisotopic (exact) mass is 270 g/mol. The molecule has 0 atom stereocenters. The van der Waals surface area contributed by atoms with Crippen LogP contribution in [-0.2, 0) is 13.1 Å². The summed E-state index contributed by atoms with van der Waals surface area (Å²) in [6, 6.07) is 10.6. The van der Waals surface area contributed by atoms with E-state index in [0.717, 1.165) is 29.1 Å². The molecule has 0 aliphatic heterocycles. The molecule has 3 rings (SSSR count). The first-order valence-corrected chi connectivity index (χ1v) is 6.56. The number of hydrogen-bond acceptors (Lipinski definition) is 3. The SMILES string of the molecule is CCn1c(CN)nnc1-c1ccc(F)c2ccccc12. The summed E-state index contributed by atoms with van der Waals surface area (Å²) in [4.78, 5) is 0. The fourth-order valence-corrected chi connectivity index (χ4v) is 2.48. The summed E-state index contributed by atoms with van der Waals surface area (Å²) in [7, 11) is 0. The van der Waals surface area contributed by atoms with Gasteiger partial charge in [-0.25, -0.2) is 4.39 Å². The maximum absolute atomic E-state index is 13.9. The van der Waals surface area contributed by atoms with E-state index < -0.39 is 0 Å². The fraction of sp³-hybridized carbons (Fsp3) is 0.200. The lowest BCUT2D eigenvalue weighted by Gasteiger charge is -2.09. The van der Waals surface area contributed by atoms with Gasteiger partial charge in [0.15, 0.2) is 5.82 Å². The number of nitrogens with two attached hydrogens (primary N) is 1. The Bertz CT molecular complexity index is 764. The zero-order valence-electron chi connectivity index (χ0n) is 11.2. The summed E-state index contributed by atoms with van der Waals surface area (Å²) >= 11 is 0. The van der Waals surface area contributed by atoms with Gasteiger partial charge in [0, 0.05) is 17.5 Å². The Kier molecular flexibility index (Phi) is 3.20. The molecule has 0 unspecified atom stereocenters. The van der Waals surface area contributed by atoms with E-state index in [2.05, 4.69) is 10.2 Å². The first-order chi connectivity index (χ1) is 9.76. The molecule has 0 aliphatic carbocycles. The molecular formula is C15H15FN4. The van der Waals surface area contributed by atoms with Gasteiger partial charge in [-0.1, -0.05) is 24.3 Å². The van der Waals surface area contributed by atoms with Crippen molar-refractivity contribution in [3.8, 4) is 11.4 Å². The van der Waals surface area contributed by atoms with Gasteiger partial charge >= 0.3 is 0 Å². The summed E-state index contributed by atoms with van der Waals surface area (Å²) in [5, 5.41) is 9.74. The van der Waals surface area contributed by atoms with Crippen molar-refractivity contribution in [2.45, 2.75) is 20.0 Å². The number of nitrogens with zero attached hydrogens (tertiary/aromatic N) is 3. The Morgan fingerprint density at radius 1 is 1.10 bits per heavy atom. The van der Waals surface area contributed by atoms with Crippen LogP contribution in [0.2, 0.25) is 0 Å². The Morgan fingerprint density at radius 3 is 2.55 bits per heavy atom. The highest BCUT2D eigenvalue weighted by atomic mass is 19.1. The summed E-state index contributed by atoms with van der Waals surface area (Å²) < 4.78 is 15.8. The van der Waals surface area contributed by atoms with Gasteiger partial charge in [-0.3, -0.25) is 0 Å². The zero-order valence-corrected chi connectivity index (χ0v) is 11.2. The van der Waals surface area contributed by atoms with Crippen LogP contribution in [0.1, 0.15) is 12.7 Å². The maximum Gasteiger partial charge on any atom is 0.164 e. The average molecular weight is 270 g/mol. The Morgan fingerprint density at radius 2 is 1.85 bits per heavy atom. The highest BCUT2D eigenvalue weighted by Gasteiger charge is 2.15. The molecule has 0 saturated heterocycles. The number of benzene rings is 2. The fourth-order valence-electron chi connectivity index (χ4n) is 2.48. The molecular weight excluding hydrogens is 255 g/mol. The van der Waals surface area contributed by atoms with E-state index >= 15 is 0 Å². The van der Waals surface area contributed by atoms with Crippen LogP contribution >= 0.6 is 0 Å². The van der Waals surface area contributed by atoms with Crippen molar-refractivity contribution in [3.63, 3.8) is 0 Å². The Hall–Kier alpha value is -2.27. The van der Waals surface area contributed by atoms with Crippen LogP contribution in [0.15, 0.2) is 36.4 Å². The molecule has 0 bridgehead atoms. The molecule has 3 aromatic rings. The molecule has 2 aromatic carbocycles. The molecule has 0 spiro atoms. The minimum absolute atomic E-state index is 0.231. The van der Waals surface area contributed by atoms with Crippen LogP contribution in [0.25, 0.3) is 22.2 Å². The van der Waals surface area contributed by atoms with Gasteiger partial charge in [-0.2, -0.15) is 0 Å². The van der Waals surface area contributed by atoms with Crippen molar-refractivity contribution in [3.05, 3.63) is 48.0 Å². The van der Waals surface area contributed by atoms with Gasteiger partial charge in [0.25, 0.3) is 0 Å². The van der Waals surface area contributed by atoms with Crippen LogP contribution in [0, 0.1) is 5.82 Å². The molecule has 0 radical (unpaired) electrons. The van der Waals surface area contributed by atoms with E-state index in [9.17, 15) is 4.39 Å². The predicted octanol–water partition coefficient (Wildman–Crippen LogP) is 2.72. The van der Waals surface area contributed by atoms with E-state index in [1.807, 2.05) is 29.7 Å². The summed E-state index contributed by atoms with van der Waals surface area (Å²) in [6.45, 7) is 3.07. The van der Waals surface area contributed by atoms with Crippen LogP contribution in [0.4, 0.5) is 4.39 Å². The smallest absolute Gasteiger partial charge is 0.164 e. The lowest BCUT2D eigenvalue weighted by atomic mass is 10.0. The van der Waals surface area contributed by atoms with Crippen LogP contribution in [0.5, 0.6) is 0 Å². The Labute approximate surface area is 116 Å². The van der Waals surface area contributed by atoms with E-state index in [-0.39, 0.29) is 5.82 Å². The molecule has 20 heavy (non-hydrogen) atoms. The first-order valence-electron chi connectivity index (χ1n) is 6.56. The average Bonchev–Trinajstić information content (AvgIpc) is 2.90. The zero-order chi connectivity index (χ0) is 14.1. The van der Waals surface area contributed by atoms with Gasteiger partial charge in [0.05, 0.1) is 6.54 Å². The molecule has 5 heteroatoms. The van der Waals surface area contributed by atoms with Gasteiger partial charge in [-0.15, -0.1) is 10.2 Å². The maximum atomic E-state index is 13.9. The van der Waals surface area contributed by atoms with Crippen molar-refractivity contribution in [1.82, 2.24) is 14.8 Å². The second-order valence-electron chi connectivity index (χ2n) is 4.53. The number of rotatable bonds is 3. The molecule has 0 amide bonds. The summed E-state index contributed by atoms with van der Waals surface area (Å²) in [6.07, 6.45) is 0. The third kappa shape index (κ3) is 1.87. The lowest BCUT2D eigenvalue weighted by Crippen LogP contribution is -2.08. The lowest BCUT2D eigenvalue weighted by molar-refractivity contribution is 0.640. The second kappa shape index (κ2) is 5.02. The normalized spacial score (nSPS) is 11.2. The first kappa shape index (κ1) is 12.7. The molecule has 4 nitrogen and oxygen atoms in total. The molecule has 0 aliphatic rings. The topological polar surface area (TPSA) is 56.7 Å². The number of hydrogen-bond donors (Lipinski definition) is 1. The van der Waals surface area contributed by atoms with E-state index in [1.54, 1.807) is 12.1 Å². The summed E-state index contributed by atoms with van der Waals surface area (Å²) in [5.74, 6) is 1.23. The second-order valence-corrected chi connectivity index (χ2v) is 4.53. The molecule has 0 saturated carbocycles. The van der Waals surface area contributed by atoms with Crippen molar-refractivity contribution in [2.24, 2.45) is 5.73 Å². The third-order valence-electron chi connectivity index (χ3n) is 3.44. The largest absolute Gasteiger partial charge is 0.324 e. The van der Waals surface area contributed by atoms with Crippen molar-refractivity contribution < 1.29 is 4.39 Å². The van der Waals surface area contributed by atoms with E-state index in [4.69, 9.17) is 5.73 Å². The standard InChI is InChI=1S/C15H15FN4/c1-2-20-14(9-17)18-19-15(20)12-7-8-13(16)11-6-4-3-5-10(11)12/h3-8H,2,9,17H2,1H3. The van der Waals surface area contributed by atoms with E-state index in [1.165, 1.54) is 6.07 Å². The van der Waals surface area contributed by atoms with Crippen LogP contribution in [-0.4, -0.2) is 14.8 Å². The van der Waals surface area contributed by atoms with Crippen molar-refractivity contribution >= 4 is 10.8 Å². The van der Waals surface area contributed by atoms with Gasteiger partial charge in [0.1, 0.15) is 11.6 Å². The predicted molar refractivity (Wildman–Crippen MR) is 76.5 cm³/mol. The third-order valence-corrected chi connectivity index (χ3v) is 3.44. The highest BCUT2D eigenvalue weighted by molar-refractivity contribution is 5.95. The Balaban J connectivity index is 2.30. The highest BCUT2D eigenvalue weighted by Crippen LogP contribution is 2.29. The van der Waals surface area contributed by atoms with Gasteiger partial charge in [0.2, 0.25) is 0 Å². The van der Waals surface area contributed by atoms with Crippen molar-refractivity contribution in [2.75, 3.05) is 0 Å². The van der Waals surface area contributed by atoms with Crippen LogP contribution in [0.3, 0.4) is 0 Å². The van der Waals surface area contributed by atoms with E-state index in [0.29, 0.717) is 11.9 Å². The number of aromatic nitrogens is 3. The van der Waals surface area contributed by atoms with Gasteiger partial charge < -0.3 is 10.3 Å². The minimum atomic E-state index is -0.231. The summed E-state index contributed by atoms with van der Waals surface area (Å²) in [5.41, 5.74) is 6.54. The quantitative estimate of drug-likeness (QED) is 0.796.